The Morgan fingerprint density at radius 2 is 2.06 bits per heavy atom. The highest BCUT2D eigenvalue weighted by molar-refractivity contribution is 5.43. The van der Waals surface area contributed by atoms with Gasteiger partial charge in [-0.1, -0.05) is 19.4 Å². The third-order valence-electron chi connectivity index (χ3n) is 2.63. The molecule has 0 heterocycles. The fourth-order valence-electron chi connectivity index (χ4n) is 1.81. The molecule has 3 nitrogen and oxygen atoms in total. The molecular weight excluding hydrogens is 214 g/mol. The van der Waals surface area contributed by atoms with Crippen molar-refractivity contribution in [2.45, 2.75) is 39.3 Å². The normalized spacial score (nSPS) is 12.2. The Bertz CT molecular complexity index is 339. The predicted molar refractivity (Wildman–Crippen MR) is 70.8 cm³/mol. The maximum Gasteiger partial charge on any atom is 0.161 e. The highest BCUT2D eigenvalue weighted by Crippen LogP contribution is 2.29. The highest BCUT2D eigenvalue weighted by atomic mass is 16.5. The number of rotatable bonds is 7. The molecule has 1 atom stereocenters. The molecule has 96 valence electrons. The van der Waals surface area contributed by atoms with E-state index in [0.717, 1.165) is 30.9 Å². The number of hydrogen-bond donors (Lipinski definition) is 1. The van der Waals surface area contributed by atoms with Crippen LogP contribution in [0.5, 0.6) is 11.5 Å². The van der Waals surface area contributed by atoms with Crippen LogP contribution in [-0.4, -0.2) is 20.3 Å². The lowest BCUT2D eigenvalue weighted by molar-refractivity contribution is 0.201. The largest absolute Gasteiger partial charge is 0.493 e. The Morgan fingerprint density at radius 3 is 2.65 bits per heavy atom. The van der Waals surface area contributed by atoms with Crippen LogP contribution in [0.4, 0.5) is 0 Å². The molecule has 0 aliphatic rings. The van der Waals surface area contributed by atoms with Crippen LogP contribution in [0.3, 0.4) is 0 Å². The molecule has 0 radical (unpaired) electrons. The zero-order chi connectivity index (χ0) is 12.7. The van der Waals surface area contributed by atoms with Crippen molar-refractivity contribution in [2.24, 2.45) is 0 Å². The van der Waals surface area contributed by atoms with E-state index in [9.17, 15) is 0 Å². The first-order chi connectivity index (χ1) is 8.21. The molecule has 0 bridgehead atoms. The molecule has 0 aromatic heterocycles. The van der Waals surface area contributed by atoms with Crippen molar-refractivity contribution in [3.63, 3.8) is 0 Å². The van der Waals surface area contributed by atoms with Gasteiger partial charge in [-0.05, 0) is 38.1 Å². The molecule has 3 heteroatoms. The lowest BCUT2D eigenvalue weighted by Gasteiger charge is -2.17. The van der Waals surface area contributed by atoms with Gasteiger partial charge in [-0.3, -0.25) is 0 Å². The summed E-state index contributed by atoms with van der Waals surface area (Å²) in [5, 5.41) is 3.12. The Morgan fingerprint density at radius 1 is 1.29 bits per heavy atom. The van der Waals surface area contributed by atoms with Crippen LogP contribution in [0.25, 0.3) is 0 Å². The average molecular weight is 237 g/mol. The minimum atomic E-state index is 0.226. The van der Waals surface area contributed by atoms with Crippen molar-refractivity contribution in [2.75, 3.05) is 14.2 Å². The molecule has 1 aromatic rings. The predicted octanol–water partition coefficient (Wildman–Crippen LogP) is 2.98. The van der Waals surface area contributed by atoms with E-state index in [2.05, 4.69) is 25.2 Å². The Balaban J connectivity index is 2.77. The molecule has 0 saturated carbocycles. The highest BCUT2D eigenvalue weighted by Gasteiger charge is 2.09. The van der Waals surface area contributed by atoms with Crippen molar-refractivity contribution < 1.29 is 9.47 Å². The van der Waals surface area contributed by atoms with E-state index in [1.165, 1.54) is 5.56 Å². The monoisotopic (exact) mass is 237 g/mol. The van der Waals surface area contributed by atoms with E-state index in [1.54, 1.807) is 7.11 Å². The Kier molecular flexibility index (Phi) is 5.84. The number of benzene rings is 1. The molecule has 1 unspecified atom stereocenters. The van der Waals surface area contributed by atoms with Gasteiger partial charge in [0.25, 0.3) is 0 Å². The third-order valence-corrected chi connectivity index (χ3v) is 2.63. The number of hydrogen-bond acceptors (Lipinski definition) is 3. The summed E-state index contributed by atoms with van der Waals surface area (Å²) in [5.41, 5.74) is 1.19. The van der Waals surface area contributed by atoms with E-state index < -0.39 is 0 Å². The molecule has 0 aliphatic carbocycles. The van der Waals surface area contributed by atoms with Crippen LogP contribution in [0.1, 0.15) is 32.3 Å². The fourth-order valence-corrected chi connectivity index (χ4v) is 1.81. The zero-order valence-electron chi connectivity index (χ0n) is 11.2. The first-order valence-corrected chi connectivity index (χ1v) is 6.19. The third kappa shape index (κ3) is 4.27. The topological polar surface area (TPSA) is 30.5 Å². The van der Waals surface area contributed by atoms with Crippen molar-refractivity contribution in [3.8, 4) is 11.5 Å². The molecule has 0 fully saturated rings. The second-order valence-electron chi connectivity index (χ2n) is 4.23. The van der Waals surface area contributed by atoms with Crippen molar-refractivity contribution in [1.29, 1.82) is 0 Å². The number of nitrogens with one attached hydrogen (secondary N) is 1. The van der Waals surface area contributed by atoms with E-state index in [4.69, 9.17) is 9.47 Å². The van der Waals surface area contributed by atoms with Gasteiger partial charge in [0.05, 0.1) is 13.2 Å². The molecular formula is C14H23NO2. The molecule has 0 saturated heterocycles. The summed E-state index contributed by atoms with van der Waals surface area (Å²) in [6, 6.07) is 6.06. The van der Waals surface area contributed by atoms with Crippen LogP contribution in [0.2, 0.25) is 0 Å². The molecule has 0 amide bonds. The second-order valence-corrected chi connectivity index (χ2v) is 4.23. The van der Waals surface area contributed by atoms with Gasteiger partial charge in [0.15, 0.2) is 11.5 Å². The molecule has 0 spiro atoms. The van der Waals surface area contributed by atoms with E-state index >= 15 is 0 Å². The minimum Gasteiger partial charge on any atom is -0.493 e. The van der Waals surface area contributed by atoms with Crippen LogP contribution in [0, 0.1) is 0 Å². The van der Waals surface area contributed by atoms with Crippen molar-refractivity contribution >= 4 is 0 Å². The van der Waals surface area contributed by atoms with Crippen LogP contribution >= 0.6 is 0 Å². The van der Waals surface area contributed by atoms with Crippen LogP contribution < -0.4 is 14.8 Å². The van der Waals surface area contributed by atoms with Gasteiger partial charge in [-0.25, -0.2) is 0 Å². The van der Waals surface area contributed by atoms with Gasteiger partial charge >= 0.3 is 0 Å². The van der Waals surface area contributed by atoms with Crippen LogP contribution in [0.15, 0.2) is 18.2 Å². The second kappa shape index (κ2) is 7.17. The smallest absolute Gasteiger partial charge is 0.161 e. The first-order valence-electron chi connectivity index (χ1n) is 6.19. The van der Waals surface area contributed by atoms with Gasteiger partial charge in [0.1, 0.15) is 0 Å². The molecule has 1 rings (SSSR count). The minimum absolute atomic E-state index is 0.226. The molecule has 0 aliphatic heterocycles. The maximum absolute atomic E-state index is 5.86. The standard InChI is InChI=1S/C14H23NO2/c1-5-6-11(2)17-13-8-7-12(10-15-3)9-14(13)16-4/h7-9,11,15H,5-6,10H2,1-4H3. The van der Waals surface area contributed by atoms with Crippen molar-refractivity contribution in [1.82, 2.24) is 5.32 Å². The average Bonchev–Trinajstić information content (AvgIpc) is 2.31. The van der Waals surface area contributed by atoms with Gasteiger partial charge in [0, 0.05) is 6.54 Å². The number of methoxy groups -OCH3 is 1. The quantitative estimate of drug-likeness (QED) is 0.791. The van der Waals surface area contributed by atoms with Gasteiger partial charge in [0.2, 0.25) is 0 Å². The summed E-state index contributed by atoms with van der Waals surface area (Å²) in [6.07, 6.45) is 2.41. The molecule has 17 heavy (non-hydrogen) atoms. The van der Waals surface area contributed by atoms with Gasteiger partial charge in [-0.15, -0.1) is 0 Å². The Hall–Kier alpha value is -1.22. The summed E-state index contributed by atoms with van der Waals surface area (Å²) in [7, 11) is 3.61. The van der Waals surface area contributed by atoms with E-state index in [1.807, 2.05) is 19.2 Å². The number of ether oxygens (including phenoxy) is 2. The first kappa shape index (κ1) is 13.8. The summed E-state index contributed by atoms with van der Waals surface area (Å²) >= 11 is 0. The molecule has 1 N–H and O–H groups in total. The van der Waals surface area contributed by atoms with Crippen LogP contribution in [-0.2, 0) is 6.54 Å². The summed E-state index contributed by atoms with van der Waals surface area (Å²) in [4.78, 5) is 0. The SMILES string of the molecule is CCCC(C)Oc1ccc(CNC)cc1OC. The summed E-state index contributed by atoms with van der Waals surface area (Å²) < 4.78 is 11.2. The zero-order valence-corrected chi connectivity index (χ0v) is 11.2. The maximum atomic E-state index is 5.86. The fraction of sp³-hybridized carbons (Fsp3) is 0.571. The Labute approximate surface area is 104 Å². The lowest BCUT2D eigenvalue weighted by atomic mass is 10.2. The lowest BCUT2D eigenvalue weighted by Crippen LogP contribution is -2.12. The van der Waals surface area contributed by atoms with Crippen molar-refractivity contribution in [3.05, 3.63) is 23.8 Å². The summed E-state index contributed by atoms with van der Waals surface area (Å²) in [6.45, 7) is 5.08. The van der Waals surface area contributed by atoms with Gasteiger partial charge in [-0.2, -0.15) is 0 Å². The van der Waals surface area contributed by atoms with Gasteiger partial charge < -0.3 is 14.8 Å². The van der Waals surface area contributed by atoms with E-state index in [-0.39, 0.29) is 6.10 Å². The molecule has 1 aromatic carbocycles. The summed E-state index contributed by atoms with van der Waals surface area (Å²) in [5.74, 6) is 1.63. The van der Waals surface area contributed by atoms with E-state index in [0.29, 0.717) is 0 Å².